The van der Waals surface area contributed by atoms with Crippen molar-refractivity contribution in [2.75, 3.05) is 33.4 Å². The second kappa shape index (κ2) is 6.62. The van der Waals surface area contributed by atoms with Gasteiger partial charge in [0.05, 0.1) is 6.61 Å². The van der Waals surface area contributed by atoms with Gasteiger partial charge in [0, 0.05) is 32.8 Å². The SMILES string of the molecule is COCCNCCNC(=O)NC1CC1. The lowest BCUT2D eigenvalue weighted by Crippen LogP contribution is -2.40. The van der Waals surface area contributed by atoms with E-state index in [1.165, 1.54) is 0 Å². The first-order valence-electron chi connectivity index (χ1n) is 5.07. The van der Waals surface area contributed by atoms with Crippen molar-refractivity contribution in [2.45, 2.75) is 18.9 Å². The van der Waals surface area contributed by atoms with Crippen LogP contribution in [0.3, 0.4) is 0 Å². The van der Waals surface area contributed by atoms with Crippen LogP contribution in [-0.4, -0.2) is 45.4 Å². The summed E-state index contributed by atoms with van der Waals surface area (Å²) in [5, 5.41) is 8.77. The Kier molecular flexibility index (Phi) is 5.32. The van der Waals surface area contributed by atoms with E-state index in [-0.39, 0.29) is 6.03 Å². The van der Waals surface area contributed by atoms with Crippen LogP contribution < -0.4 is 16.0 Å². The van der Waals surface area contributed by atoms with Crippen LogP contribution in [0.1, 0.15) is 12.8 Å². The molecule has 1 aliphatic carbocycles. The third kappa shape index (κ3) is 5.77. The largest absolute Gasteiger partial charge is 0.383 e. The summed E-state index contributed by atoms with van der Waals surface area (Å²) >= 11 is 0. The molecule has 1 rings (SSSR count). The summed E-state index contributed by atoms with van der Waals surface area (Å²) in [5.74, 6) is 0. The van der Waals surface area contributed by atoms with Crippen LogP contribution in [0.25, 0.3) is 0 Å². The molecule has 0 aromatic rings. The molecular weight excluding hydrogens is 182 g/mol. The van der Waals surface area contributed by atoms with Gasteiger partial charge in [-0.1, -0.05) is 0 Å². The van der Waals surface area contributed by atoms with E-state index in [1.54, 1.807) is 7.11 Å². The van der Waals surface area contributed by atoms with Crippen molar-refractivity contribution in [2.24, 2.45) is 0 Å². The Hall–Kier alpha value is -0.810. The number of nitrogens with one attached hydrogen (secondary N) is 3. The molecule has 2 amide bonds. The number of hydrogen-bond donors (Lipinski definition) is 3. The summed E-state index contributed by atoms with van der Waals surface area (Å²) in [4.78, 5) is 11.1. The number of amides is 2. The standard InChI is InChI=1S/C9H19N3O2/c1-14-7-6-10-4-5-11-9(13)12-8-2-3-8/h8,10H,2-7H2,1H3,(H2,11,12,13). The molecule has 3 N–H and O–H groups in total. The second-order valence-corrected chi connectivity index (χ2v) is 3.42. The van der Waals surface area contributed by atoms with Crippen LogP contribution >= 0.6 is 0 Å². The summed E-state index contributed by atoms with van der Waals surface area (Å²) < 4.78 is 4.87. The Labute approximate surface area is 84.6 Å². The zero-order chi connectivity index (χ0) is 10.2. The highest BCUT2D eigenvalue weighted by molar-refractivity contribution is 5.74. The van der Waals surface area contributed by atoms with E-state index in [9.17, 15) is 4.79 Å². The molecule has 0 radical (unpaired) electrons. The molecule has 5 heteroatoms. The number of carbonyl (C=O) groups excluding carboxylic acids is 1. The first kappa shape index (κ1) is 11.3. The van der Waals surface area contributed by atoms with Gasteiger partial charge in [-0.05, 0) is 12.8 Å². The molecule has 0 aromatic carbocycles. The quantitative estimate of drug-likeness (QED) is 0.495. The summed E-state index contributed by atoms with van der Waals surface area (Å²) in [6.45, 7) is 2.96. The van der Waals surface area contributed by atoms with Crippen LogP contribution in [-0.2, 0) is 4.74 Å². The molecule has 0 aliphatic heterocycles. The Morgan fingerprint density at radius 1 is 1.36 bits per heavy atom. The molecule has 0 saturated heterocycles. The third-order valence-electron chi connectivity index (χ3n) is 1.98. The Morgan fingerprint density at radius 3 is 2.79 bits per heavy atom. The maximum absolute atomic E-state index is 11.1. The fourth-order valence-electron chi connectivity index (χ4n) is 1.03. The fourth-order valence-corrected chi connectivity index (χ4v) is 1.03. The molecule has 0 heterocycles. The van der Waals surface area contributed by atoms with Crippen molar-refractivity contribution in [3.63, 3.8) is 0 Å². The smallest absolute Gasteiger partial charge is 0.315 e. The third-order valence-corrected chi connectivity index (χ3v) is 1.98. The molecule has 5 nitrogen and oxygen atoms in total. The van der Waals surface area contributed by atoms with Gasteiger partial charge in [-0.2, -0.15) is 0 Å². The average Bonchev–Trinajstić information content (AvgIpc) is 2.95. The lowest BCUT2D eigenvalue weighted by Gasteiger charge is -2.07. The molecule has 0 aromatic heterocycles. The van der Waals surface area contributed by atoms with Gasteiger partial charge in [-0.25, -0.2) is 4.79 Å². The van der Waals surface area contributed by atoms with Gasteiger partial charge in [-0.15, -0.1) is 0 Å². The molecule has 0 unspecified atom stereocenters. The maximum atomic E-state index is 11.1. The van der Waals surface area contributed by atoms with E-state index < -0.39 is 0 Å². The molecule has 1 aliphatic rings. The summed E-state index contributed by atoms with van der Waals surface area (Å²) in [5.41, 5.74) is 0. The van der Waals surface area contributed by atoms with Crippen molar-refractivity contribution in [1.29, 1.82) is 0 Å². The van der Waals surface area contributed by atoms with E-state index in [0.29, 0.717) is 19.2 Å². The highest BCUT2D eigenvalue weighted by atomic mass is 16.5. The Bertz CT molecular complexity index is 171. The minimum atomic E-state index is -0.0546. The Morgan fingerprint density at radius 2 is 2.14 bits per heavy atom. The van der Waals surface area contributed by atoms with Crippen LogP contribution in [0.4, 0.5) is 4.79 Å². The maximum Gasteiger partial charge on any atom is 0.315 e. The van der Waals surface area contributed by atoms with Crippen LogP contribution in [0.2, 0.25) is 0 Å². The first-order valence-corrected chi connectivity index (χ1v) is 5.07. The van der Waals surface area contributed by atoms with Crippen molar-refractivity contribution < 1.29 is 9.53 Å². The molecule has 0 atom stereocenters. The zero-order valence-electron chi connectivity index (χ0n) is 8.64. The number of ether oxygens (including phenoxy) is 1. The number of carbonyl (C=O) groups is 1. The normalized spacial score (nSPS) is 15.2. The van der Waals surface area contributed by atoms with Gasteiger partial charge in [-0.3, -0.25) is 0 Å². The number of methoxy groups -OCH3 is 1. The number of hydrogen-bond acceptors (Lipinski definition) is 3. The van der Waals surface area contributed by atoms with E-state index in [2.05, 4.69) is 16.0 Å². The van der Waals surface area contributed by atoms with E-state index in [1.807, 2.05) is 0 Å². The number of urea groups is 1. The minimum absolute atomic E-state index is 0.0546. The van der Waals surface area contributed by atoms with E-state index >= 15 is 0 Å². The second-order valence-electron chi connectivity index (χ2n) is 3.42. The van der Waals surface area contributed by atoms with Crippen LogP contribution in [0, 0.1) is 0 Å². The molecule has 0 bridgehead atoms. The van der Waals surface area contributed by atoms with Crippen molar-refractivity contribution >= 4 is 6.03 Å². The predicted octanol–water partition coefficient (Wildman–Crippen LogP) is -0.316. The minimum Gasteiger partial charge on any atom is -0.383 e. The molecule has 14 heavy (non-hydrogen) atoms. The van der Waals surface area contributed by atoms with Gasteiger partial charge >= 0.3 is 6.03 Å². The summed E-state index contributed by atoms with van der Waals surface area (Å²) in [6, 6.07) is 0.373. The van der Waals surface area contributed by atoms with E-state index in [4.69, 9.17) is 4.74 Å². The first-order chi connectivity index (χ1) is 6.83. The van der Waals surface area contributed by atoms with Crippen molar-refractivity contribution in [3.8, 4) is 0 Å². The molecule has 0 spiro atoms. The highest BCUT2D eigenvalue weighted by Gasteiger charge is 2.22. The lowest BCUT2D eigenvalue weighted by molar-refractivity contribution is 0.199. The van der Waals surface area contributed by atoms with Gasteiger partial charge in [0.2, 0.25) is 0 Å². The lowest BCUT2D eigenvalue weighted by atomic mass is 10.5. The molecule has 1 saturated carbocycles. The monoisotopic (exact) mass is 201 g/mol. The summed E-state index contributed by atoms with van der Waals surface area (Å²) in [6.07, 6.45) is 2.25. The van der Waals surface area contributed by atoms with Crippen molar-refractivity contribution in [1.82, 2.24) is 16.0 Å². The van der Waals surface area contributed by atoms with Gasteiger partial charge in [0.25, 0.3) is 0 Å². The zero-order valence-corrected chi connectivity index (χ0v) is 8.64. The van der Waals surface area contributed by atoms with Gasteiger partial charge < -0.3 is 20.7 Å². The van der Waals surface area contributed by atoms with E-state index in [0.717, 1.165) is 25.9 Å². The van der Waals surface area contributed by atoms with Crippen LogP contribution in [0.5, 0.6) is 0 Å². The average molecular weight is 201 g/mol. The number of rotatable bonds is 7. The highest BCUT2D eigenvalue weighted by Crippen LogP contribution is 2.17. The molecular formula is C9H19N3O2. The van der Waals surface area contributed by atoms with Gasteiger partial charge in [0.15, 0.2) is 0 Å². The molecule has 1 fully saturated rings. The fraction of sp³-hybridized carbons (Fsp3) is 0.889. The van der Waals surface area contributed by atoms with Gasteiger partial charge in [0.1, 0.15) is 0 Å². The van der Waals surface area contributed by atoms with Crippen molar-refractivity contribution in [3.05, 3.63) is 0 Å². The predicted molar refractivity (Wildman–Crippen MR) is 54.3 cm³/mol. The summed E-state index contributed by atoms with van der Waals surface area (Å²) in [7, 11) is 1.67. The van der Waals surface area contributed by atoms with Crippen LogP contribution in [0.15, 0.2) is 0 Å². The molecule has 82 valence electrons. The topological polar surface area (TPSA) is 62.4 Å². The Balaban J connectivity index is 1.80.